The lowest BCUT2D eigenvalue weighted by atomic mass is 9.63. The molecule has 1 spiro atoms. The molecule has 0 aromatic heterocycles. The van der Waals surface area contributed by atoms with E-state index >= 15 is 0 Å². The van der Waals surface area contributed by atoms with Gasteiger partial charge in [-0.2, -0.15) is 0 Å². The molecular weight excluding hydrogens is 696 g/mol. The predicted molar refractivity (Wildman–Crippen MR) is 206 cm³/mol. The molecule has 282 valence electrons. The summed E-state index contributed by atoms with van der Waals surface area (Å²) < 4.78 is 43.1. The number of sulfonamides is 1. The van der Waals surface area contributed by atoms with Gasteiger partial charge in [0.2, 0.25) is 10.0 Å². The van der Waals surface area contributed by atoms with E-state index in [1.807, 2.05) is 32.2 Å². The second-order valence-corrected chi connectivity index (χ2v) is 19.2. The molecule has 4 aliphatic heterocycles. The Morgan fingerprint density at radius 1 is 1.04 bits per heavy atom. The minimum atomic E-state index is -3.94. The summed E-state index contributed by atoms with van der Waals surface area (Å²) in [5.41, 5.74) is 2.98. The van der Waals surface area contributed by atoms with Crippen molar-refractivity contribution in [2.45, 2.75) is 87.5 Å². The highest BCUT2D eigenvalue weighted by atomic mass is 35.5. The third-order valence-corrected chi connectivity index (χ3v) is 15.9. The van der Waals surface area contributed by atoms with Crippen LogP contribution in [0.15, 0.2) is 48.6 Å². The summed E-state index contributed by atoms with van der Waals surface area (Å²) in [5, 5.41) is -0.0122. The monoisotopic (exact) mass is 750 g/mol. The fraction of sp³-hybridized carbons (Fsp3) is 0.634. The number of aryl methyl sites for hydroxylation is 1. The molecule has 1 N–H and O–H groups in total. The first-order valence-electron chi connectivity index (χ1n) is 19.6. The second kappa shape index (κ2) is 14.2. The number of anilines is 1. The van der Waals surface area contributed by atoms with Gasteiger partial charge < -0.3 is 14.4 Å². The maximum atomic E-state index is 13.6. The van der Waals surface area contributed by atoms with Crippen LogP contribution in [0.2, 0.25) is 5.02 Å². The first-order valence-corrected chi connectivity index (χ1v) is 21.5. The zero-order valence-electron chi connectivity index (χ0n) is 31.0. The van der Waals surface area contributed by atoms with Crippen LogP contribution < -0.4 is 14.4 Å². The number of amides is 1. The van der Waals surface area contributed by atoms with Crippen molar-refractivity contribution in [3.05, 3.63) is 70.3 Å². The van der Waals surface area contributed by atoms with Gasteiger partial charge in [-0.1, -0.05) is 36.7 Å². The van der Waals surface area contributed by atoms with Crippen LogP contribution in [0.3, 0.4) is 0 Å². The van der Waals surface area contributed by atoms with Gasteiger partial charge in [0.25, 0.3) is 5.91 Å². The van der Waals surface area contributed by atoms with Crippen LogP contribution in [0.4, 0.5) is 5.69 Å². The van der Waals surface area contributed by atoms with E-state index in [1.54, 1.807) is 13.0 Å². The number of allylic oxidation sites excluding steroid dienone is 1. The Labute approximate surface area is 315 Å². The van der Waals surface area contributed by atoms with Crippen molar-refractivity contribution >= 4 is 33.2 Å². The van der Waals surface area contributed by atoms with Crippen molar-refractivity contribution in [3.63, 3.8) is 0 Å². The predicted octanol–water partition coefficient (Wildman–Crippen LogP) is 6.05. The van der Waals surface area contributed by atoms with Gasteiger partial charge in [0.05, 0.1) is 17.5 Å². The highest BCUT2D eigenvalue weighted by Crippen LogP contribution is 2.49. The molecule has 2 aliphatic carbocycles. The molecule has 4 heterocycles. The molecule has 2 bridgehead atoms. The molecule has 52 heavy (non-hydrogen) atoms. The number of piperazine rings is 1. The quantitative estimate of drug-likeness (QED) is 0.380. The molecular formula is C41H55ClN4O5S. The lowest BCUT2D eigenvalue weighted by Crippen LogP contribution is -2.60. The number of hydrogen-bond donors (Lipinski definition) is 1. The smallest absolute Gasteiger partial charge is 0.264 e. The molecule has 11 heteroatoms. The SMILES string of the molecule is CO[C@]1(CN2CCN3CCC[C@@H]3C2)/C=C\C[C@H](C)[C@@H](C)S(=O)(=O)NC(=O)c2ccc3c(c2)N(C[C@@H]2CC[C@H]21)C[C@@]1(CCCc2cc(Cl)ccc21)CO3. The molecule has 2 aromatic carbocycles. The molecule has 2 aromatic rings. The van der Waals surface area contributed by atoms with E-state index in [2.05, 4.69) is 43.7 Å². The molecule has 6 aliphatic rings. The molecule has 3 fully saturated rings. The minimum Gasteiger partial charge on any atom is -0.490 e. The maximum absolute atomic E-state index is 13.6. The summed E-state index contributed by atoms with van der Waals surface area (Å²) in [6, 6.07) is 12.3. The lowest BCUT2D eigenvalue weighted by molar-refractivity contribution is -0.0974. The van der Waals surface area contributed by atoms with Crippen LogP contribution >= 0.6 is 11.6 Å². The number of ether oxygens (including phenoxy) is 2. The van der Waals surface area contributed by atoms with Crippen molar-refractivity contribution in [2.75, 3.05) is 64.4 Å². The summed E-state index contributed by atoms with van der Waals surface area (Å²) in [5.74, 6) is 0.554. The average Bonchev–Trinajstić information content (AvgIpc) is 3.53. The standard InChI is InChI=1S/C41H55ClN4O5S/c1-28-7-4-17-41(50-3,26-44-19-20-45-18-6-9-34(45)24-44)36-13-10-32(36)23-46-25-40(16-5-8-30-21-33(42)12-14-35(30)40)27-51-38-15-11-31(22-37(38)46)39(47)43-52(48,49)29(28)2/h4,11-12,14-15,17,21-22,28-29,32,34,36H,5-10,13,16,18-20,23-27H2,1-3H3,(H,43,47)/b17-4-/t28-,29+,32-,34+,36+,40-,41-/m0/s1. The van der Waals surface area contributed by atoms with Crippen LogP contribution in [0.1, 0.15) is 80.3 Å². The van der Waals surface area contributed by atoms with Gasteiger partial charge >= 0.3 is 0 Å². The highest BCUT2D eigenvalue weighted by Gasteiger charge is 2.50. The largest absolute Gasteiger partial charge is 0.490 e. The van der Waals surface area contributed by atoms with E-state index < -0.39 is 26.8 Å². The molecule has 2 saturated heterocycles. The number of nitrogens with one attached hydrogen (secondary N) is 1. The Balaban J connectivity index is 1.19. The van der Waals surface area contributed by atoms with E-state index in [0.717, 1.165) is 87.8 Å². The van der Waals surface area contributed by atoms with E-state index in [9.17, 15) is 13.2 Å². The van der Waals surface area contributed by atoms with Crippen LogP contribution in [0, 0.1) is 17.8 Å². The number of methoxy groups -OCH3 is 1. The Morgan fingerprint density at radius 2 is 1.90 bits per heavy atom. The molecule has 8 rings (SSSR count). The van der Waals surface area contributed by atoms with E-state index in [0.29, 0.717) is 30.6 Å². The topological polar surface area (TPSA) is 91.4 Å². The number of carbonyl (C=O) groups is 1. The van der Waals surface area contributed by atoms with Crippen molar-refractivity contribution in [1.29, 1.82) is 0 Å². The van der Waals surface area contributed by atoms with E-state index in [4.69, 9.17) is 21.1 Å². The molecule has 0 unspecified atom stereocenters. The van der Waals surface area contributed by atoms with Crippen LogP contribution in [0.5, 0.6) is 5.75 Å². The van der Waals surface area contributed by atoms with E-state index in [-0.39, 0.29) is 17.3 Å². The Morgan fingerprint density at radius 3 is 2.71 bits per heavy atom. The van der Waals surface area contributed by atoms with E-state index in [1.165, 1.54) is 30.5 Å². The van der Waals surface area contributed by atoms with Gasteiger partial charge in [-0.15, -0.1) is 0 Å². The van der Waals surface area contributed by atoms with Gasteiger partial charge in [-0.3, -0.25) is 14.6 Å². The summed E-state index contributed by atoms with van der Waals surface area (Å²) in [7, 11) is -2.07. The molecule has 7 atom stereocenters. The minimum absolute atomic E-state index is 0.205. The number of carbonyl (C=O) groups excluding carboxylic acids is 1. The maximum Gasteiger partial charge on any atom is 0.264 e. The van der Waals surface area contributed by atoms with Crippen molar-refractivity contribution in [3.8, 4) is 5.75 Å². The number of fused-ring (bicyclic) bond motifs is 5. The van der Waals surface area contributed by atoms with Crippen LogP contribution in [0.25, 0.3) is 0 Å². The van der Waals surface area contributed by atoms with Crippen LogP contribution in [-0.4, -0.2) is 101 Å². The first kappa shape index (κ1) is 36.4. The number of nitrogens with zero attached hydrogens (tertiary/aromatic N) is 3. The summed E-state index contributed by atoms with van der Waals surface area (Å²) in [6.07, 6.45) is 12.7. The summed E-state index contributed by atoms with van der Waals surface area (Å²) in [4.78, 5) is 21.4. The van der Waals surface area contributed by atoms with Crippen molar-refractivity contribution in [1.82, 2.24) is 14.5 Å². The number of benzene rings is 2. The highest BCUT2D eigenvalue weighted by molar-refractivity contribution is 7.90. The zero-order valence-corrected chi connectivity index (χ0v) is 32.6. The second-order valence-electron chi connectivity index (χ2n) is 16.8. The Kier molecular flexibility index (Phi) is 9.94. The zero-order chi connectivity index (χ0) is 36.3. The molecule has 9 nitrogen and oxygen atoms in total. The number of hydrogen-bond acceptors (Lipinski definition) is 8. The lowest BCUT2D eigenvalue weighted by Gasteiger charge is -2.52. The first-order chi connectivity index (χ1) is 25.0. The Bertz CT molecular complexity index is 1820. The van der Waals surface area contributed by atoms with Gasteiger partial charge in [0, 0.05) is 68.4 Å². The summed E-state index contributed by atoms with van der Waals surface area (Å²) >= 11 is 6.51. The molecule has 0 radical (unpaired) electrons. The van der Waals surface area contributed by atoms with Crippen LogP contribution in [-0.2, 0) is 26.6 Å². The van der Waals surface area contributed by atoms with Gasteiger partial charge in [0.1, 0.15) is 11.4 Å². The molecule has 1 saturated carbocycles. The molecule has 1 amide bonds. The van der Waals surface area contributed by atoms with Gasteiger partial charge in [-0.05, 0) is 124 Å². The number of rotatable bonds is 3. The van der Waals surface area contributed by atoms with Crippen molar-refractivity contribution in [2.24, 2.45) is 17.8 Å². The average molecular weight is 751 g/mol. The number of halogens is 1. The Hall–Kier alpha value is -2.63. The van der Waals surface area contributed by atoms with Gasteiger partial charge in [0.15, 0.2) is 0 Å². The fourth-order valence-electron chi connectivity index (χ4n) is 10.4. The summed E-state index contributed by atoms with van der Waals surface area (Å²) in [6.45, 7) is 10.9. The third kappa shape index (κ3) is 6.69. The third-order valence-electron chi connectivity index (χ3n) is 13.8. The van der Waals surface area contributed by atoms with Crippen molar-refractivity contribution < 1.29 is 22.7 Å². The van der Waals surface area contributed by atoms with Gasteiger partial charge in [-0.25, -0.2) is 13.1 Å². The fourth-order valence-corrected chi connectivity index (χ4v) is 11.8. The normalized spacial score (nSPS) is 35.7.